The van der Waals surface area contributed by atoms with Crippen LogP contribution in [0.3, 0.4) is 0 Å². The van der Waals surface area contributed by atoms with E-state index in [1.54, 1.807) is 19.1 Å². The maximum Gasteiger partial charge on any atom is 0.125 e. The van der Waals surface area contributed by atoms with E-state index in [0.29, 0.717) is 17.5 Å². The van der Waals surface area contributed by atoms with Gasteiger partial charge in [0.05, 0.1) is 12.7 Å². The molecule has 1 aromatic rings. The van der Waals surface area contributed by atoms with Crippen LogP contribution in [0.4, 0.5) is 0 Å². The van der Waals surface area contributed by atoms with Crippen LogP contribution in [0.25, 0.3) is 0 Å². The third-order valence-corrected chi connectivity index (χ3v) is 2.61. The molecule has 1 rings (SSSR count). The fourth-order valence-corrected chi connectivity index (χ4v) is 1.56. The molecule has 16 heavy (non-hydrogen) atoms. The molecule has 2 nitrogen and oxygen atoms in total. The standard InChI is InChI=1S/C13H19ClO2/c1-9(2)6-7-16-13-5-4-11(14)8-12(13)10(3)15/h4-5,8-10,15H,6-7H2,1-3H3. The molecule has 0 amide bonds. The monoisotopic (exact) mass is 242 g/mol. The van der Waals surface area contributed by atoms with Gasteiger partial charge in [-0.15, -0.1) is 0 Å². The zero-order valence-corrected chi connectivity index (χ0v) is 10.8. The van der Waals surface area contributed by atoms with E-state index in [1.807, 2.05) is 6.07 Å². The topological polar surface area (TPSA) is 29.5 Å². The molecule has 0 saturated heterocycles. The Balaban J connectivity index is 2.71. The highest BCUT2D eigenvalue weighted by molar-refractivity contribution is 6.30. The van der Waals surface area contributed by atoms with Crippen LogP contribution >= 0.6 is 11.6 Å². The Morgan fingerprint density at radius 3 is 2.56 bits per heavy atom. The first-order chi connectivity index (χ1) is 7.50. The molecular weight excluding hydrogens is 224 g/mol. The van der Waals surface area contributed by atoms with Crippen molar-refractivity contribution in [1.29, 1.82) is 0 Å². The summed E-state index contributed by atoms with van der Waals surface area (Å²) in [6.45, 7) is 6.68. The summed E-state index contributed by atoms with van der Waals surface area (Å²) in [6, 6.07) is 5.33. The quantitative estimate of drug-likeness (QED) is 0.851. The molecule has 1 N–H and O–H groups in total. The number of halogens is 1. The zero-order chi connectivity index (χ0) is 12.1. The molecule has 0 aliphatic heterocycles. The fourth-order valence-electron chi connectivity index (χ4n) is 1.38. The van der Waals surface area contributed by atoms with Gasteiger partial charge in [0.2, 0.25) is 0 Å². The average Bonchev–Trinajstić information content (AvgIpc) is 2.19. The molecule has 0 saturated carbocycles. The van der Waals surface area contributed by atoms with E-state index in [4.69, 9.17) is 16.3 Å². The molecule has 1 aromatic carbocycles. The van der Waals surface area contributed by atoms with Crippen molar-refractivity contribution in [2.45, 2.75) is 33.3 Å². The Labute approximate surface area is 102 Å². The molecule has 0 heterocycles. The van der Waals surface area contributed by atoms with Crippen LogP contribution in [-0.4, -0.2) is 11.7 Å². The second-order valence-electron chi connectivity index (χ2n) is 4.39. The van der Waals surface area contributed by atoms with Crippen LogP contribution < -0.4 is 4.74 Å². The molecule has 0 bridgehead atoms. The number of rotatable bonds is 5. The number of ether oxygens (including phenoxy) is 1. The van der Waals surface area contributed by atoms with Gasteiger partial charge in [0.1, 0.15) is 5.75 Å². The summed E-state index contributed by atoms with van der Waals surface area (Å²) in [4.78, 5) is 0. The third kappa shape index (κ3) is 4.03. The Bertz CT molecular complexity index is 335. The summed E-state index contributed by atoms with van der Waals surface area (Å²) in [5, 5.41) is 10.2. The molecule has 0 aliphatic carbocycles. The van der Waals surface area contributed by atoms with Crippen molar-refractivity contribution in [2.75, 3.05) is 6.61 Å². The van der Waals surface area contributed by atoms with Crippen molar-refractivity contribution in [3.8, 4) is 5.75 Å². The zero-order valence-electron chi connectivity index (χ0n) is 10.0. The van der Waals surface area contributed by atoms with E-state index < -0.39 is 6.10 Å². The van der Waals surface area contributed by atoms with Crippen LogP contribution in [0.1, 0.15) is 38.9 Å². The molecule has 0 radical (unpaired) electrons. The minimum Gasteiger partial charge on any atom is -0.493 e. The van der Waals surface area contributed by atoms with Gasteiger partial charge in [0.25, 0.3) is 0 Å². The Hall–Kier alpha value is -0.730. The Morgan fingerprint density at radius 2 is 2.00 bits per heavy atom. The molecule has 0 aliphatic rings. The lowest BCUT2D eigenvalue weighted by Crippen LogP contribution is -2.04. The lowest BCUT2D eigenvalue weighted by Gasteiger charge is -2.14. The smallest absolute Gasteiger partial charge is 0.125 e. The predicted molar refractivity (Wildman–Crippen MR) is 67.0 cm³/mol. The van der Waals surface area contributed by atoms with E-state index >= 15 is 0 Å². The van der Waals surface area contributed by atoms with Gasteiger partial charge in [-0.05, 0) is 37.5 Å². The van der Waals surface area contributed by atoms with Crippen LogP contribution in [0.2, 0.25) is 5.02 Å². The van der Waals surface area contributed by atoms with E-state index in [0.717, 1.165) is 17.7 Å². The second-order valence-corrected chi connectivity index (χ2v) is 4.83. The molecular formula is C13H19ClO2. The van der Waals surface area contributed by atoms with Gasteiger partial charge in [-0.25, -0.2) is 0 Å². The number of aliphatic hydroxyl groups is 1. The lowest BCUT2D eigenvalue weighted by atomic mass is 10.1. The van der Waals surface area contributed by atoms with E-state index in [-0.39, 0.29) is 0 Å². The molecule has 0 aromatic heterocycles. The largest absolute Gasteiger partial charge is 0.493 e. The first-order valence-corrected chi connectivity index (χ1v) is 5.98. The van der Waals surface area contributed by atoms with Gasteiger partial charge in [-0.1, -0.05) is 25.4 Å². The van der Waals surface area contributed by atoms with Crippen molar-refractivity contribution in [3.63, 3.8) is 0 Å². The Kier molecular flexibility index (Phi) is 5.10. The molecule has 0 fully saturated rings. The van der Waals surface area contributed by atoms with E-state index in [9.17, 15) is 5.11 Å². The normalized spacial score (nSPS) is 12.9. The summed E-state index contributed by atoms with van der Waals surface area (Å²) in [7, 11) is 0. The van der Waals surface area contributed by atoms with Crippen LogP contribution in [0.5, 0.6) is 5.75 Å². The summed E-state index contributed by atoms with van der Waals surface area (Å²) in [5.74, 6) is 1.34. The molecule has 1 unspecified atom stereocenters. The van der Waals surface area contributed by atoms with Crippen molar-refractivity contribution >= 4 is 11.6 Å². The van der Waals surface area contributed by atoms with Gasteiger partial charge >= 0.3 is 0 Å². The van der Waals surface area contributed by atoms with Gasteiger partial charge in [-0.3, -0.25) is 0 Å². The highest BCUT2D eigenvalue weighted by Crippen LogP contribution is 2.28. The van der Waals surface area contributed by atoms with E-state index in [1.165, 1.54) is 0 Å². The number of hydrogen-bond acceptors (Lipinski definition) is 2. The maximum absolute atomic E-state index is 9.60. The summed E-state index contributed by atoms with van der Waals surface area (Å²) >= 11 is 5.88. The lowest BCUT2D eigenvalue weighted by molar-refractivity contribution is 0.190. The third-order valence-electron chi connectivity index (χ3n) is 2.37. The minimum atomic E-state index is -0.562. The van der Waals surface area contributed by atoms with Crippen LogP contribution in [0.15, 0.2) is 18.2 Å². The fraction of sp³-hybridized carbons (Fsp3) is 0.538. The molecule has 3 heteroatoms. The minimum absolute atomic E-state index is 0.562. The SMILES string of the molecule is CC(C)CCOc1ccc(Cl)cc1C(C)O. The van der Waals surface area contributed by atoms with Crippen molar-refractivity contribution in [2.24, 2.45) is 5.92 Å². The first kappa shape index (κ1) is 13.3. The number of hydrogen-bond donors (Lipinski definition) is 1. The van der Waals surface area contributed by atoms with Gasteiger partial charge in [0.15, 0.2) is 0 Å². The van der Waals surface area contributed by atoms with Crippen LogP contribution in [0, 0.1) is 5.92 Å². The van der Waals surface area contributed by atoms with Gasteiger partial charge in [-0.2, -0.15) is 0 Å². The van der Waals surface area contributed by atoms with Crippen molar-refractivity contribution in [1.82, 2.24) is 0 Å². The first-order valence-electron chi connectivity index (χ1n) is 5.61. The molecule has 90 valence electrons. The number of aliphatic hydroxyl groups excluding tert-OH is 1. The summed E-state index contributed by atoms with van der Waals surface area (Å²) in [6.07, 6.45) is 0.440. The van der Waals surface area contributed by atoms with E-state index in [2.05, 4.69) is 13.8 Å². The maximum atomic E-state index is 9.60. The van der Waals surface area contributed by atoms with Gasteiger partial charge < -0.3 is 9.84 Å². The average molecular weight is 243 g/mol. The predicted octanol–water partition coefficient (Wildman–Crippen LogP) is 3.82. The van der Waals surface area contributed by atoms with Gasteiger partial charge in [0, 0.05) is 10.6 Å². The van der Waals surface area contributed by atoms with Crippen LogP contribution in [-0.2, 0) is 0 Å². The van der Waals surface area contributed by atoms with Crippen molar-refractivity contribution < 1.29 is 9.84 Å². The highest BCUT2D eigenvalue weighted by atomic mass is 35.5. The van der Waals surface area contributed by atoms with Crippen molar-refractivity contribution in [3.05, 3.63) is 28.8 Å². The summed E-state index contributed by atoms with van der Waals surface area (Å²) < 4.78 is 5.65. The second kappa shape index (κ2) is 6.12. The number of benzene rings is 1. The highest BCUT2D eigenvalue weighted by Gasteiger charge is 2.10. The Morgan fingerprint density at radius 1 is 1.31 bits per heavy atom. The molecule has 0 spiro atoms. The summed E-state index contributed by atoms with van der Waals surface area (Å²) in [5.41, 5.74) is 0.747. The molecule has 1 atom stereocenters.